The van der Waals surface area contributed by atoms with Gasteiger partial charge in [-0.1, -0.05) is 43.5 Å². The van der Waals surface area contributed by atoms with Crippen molar-refractivity contribution in [2.75, 3.05) is 6.61 Å². The molecule has 4 rings (SSSR count). The molecule has 1 aromatic heterocycles. The molecule has 0 amide bonds. The first-order valence-corrected chi connectivity index (χ1v) is 12.8. The Bertz CT molecular complexity index is 1230. The third-order valence-corrected chi connectivity index (χ3v) is 6.99. The van der Waals surface area contributed by atoms with Crippen molar-refractivity contribution in [2.24, 2.45) is 0 Å². The van der Waals surface area contributed by atoms with Crippen LogP contribution >= 0.6 is 0 Å². The number of pyridine rings is 1. The SMILES string of the molecule is CC(=O)OC[C@H]1O[C@@H](n2ccc(O)c(-c3ccc(C4CCCCC4)cc3)c2=O)[C@H](OC(C)=O)[C@@H]1OC(C)=O. The van der Waals surface area contributed by atoms with E-state index < -0.39 is 48.0 Å². The van der Waals surface area contributed by atoms with Gasteiger partial charge in [0.2, 0.25) is 0 Å². The molecule has 10 nitrogen and oxygen atoms in total. The number of carbonyl (C=O) groups is 3. The van der Waals surface area contributed by atoms with Gasteiger partial charge in [-0.3, -0.25) is 23.7 Å². The van der Waals surface area contributed by atoms with Crippen molar-refractivity contribution >= 4 is 17.9 Å². The fraction of sp³-hybridized carbons (Fsp3) is 0.500. The van der Waals surface area contributed by atoms with Gasteiger partial charge in [0.1, 0.15) is 18.5 Å². The van der Waals surface area contributed by atoms with Gasteiger partial charge in [0.15, 0.2) is 18.4 Å². The Balaban J connectivity index is 1.70. The van der Waals surface area contributed by atoms with E-state index in [4.69, 9.17) is 18.9 Å². The highest BCUT2D eigenvalue weighted by Crippen LogP contribution is 2.37. The topological polar surface area (TPSA) is 130 Å². The van der Waals surface area contributed by atoms with E-state index >= 15 is 0 Å². The summed E-state index contributed by atoms with van der Waals surface area (Å²) in [6.07, 6.45) is 2.69. The highest BCUT2D eigenvalue weighted by molar-refractivity contribution is 5.70. The van der Waals surface area contributed by atoms with Crippen LogP contribution < -0.4 is 5.56 Å². The standard InChI is InChI=1S/C28H33NO9/c1-16(30)35-15-23-25(36-17(2)31)26(37-18(3)32)28(38-23)29-14-13-22(33)24(27(29)34)21-11-9-20(10-12-21)19-7-5-4-6-8-19/h9-14,19,23,25-26,28,33H,4-8,15H2,1-3H3/t23-,25-,26-,28-/m1/s1. The number of carbonyl (C=O) groups excluding carboxylic acids is 3. The molecule has 204 valence electrons. The van der Waals surface area contributed by atoms with Crippen LogP contribution in [0.4, 0.5) is 0 Å². The fourth-order valence-corrected chi connectivity index (χ4v) is 5.29. The summed E-state index contributed by atoms with van der Waals surface area (Å²) in [6.45, 7) is 3.29. The van der Waals surface area contributed by atoms with Crippen molar-refractivity contribution in [1.82, 2.24) is 4.57 Å². The summed E-state index contributed by atoms with van der Waals surface area (Å²) in [5.74, 6) is -1.65. The summed E-state index contributed by atoms with van der Waals surface area (Å²) in [6, 6.07) is 8.95. The lowest BCUT2D eigenvalue weighted by atomic mass is 9.84. The Hall–Kier alpha value is -3.66. The summed E-state index contributed by atoms with van der Waals surface area (Å²) in [5.41, 5.74) is 1.19. The second-order valence-electron chi connectivity index (χ2n) is 9.76. The lowest BCUT2D eigenvalue weighted by molar-refractivity contribution is -0.166. The van der Waals surface area contributed by atoms with E-state index in [2.05, 4.69) is 0 Å². The molecular weight excluding hydrogens is 494 g/mol. The molecule has 0 radical (unpaired) electrons. The normalized spacial score (nSPS) is 23.6. The van der Waals surface area contributed by atoms with Gasteiger partial charge in [-0.15, -0.1) is 0 Å². The Labute approximate surface area is 220 Å². The Morgan fingerprint density at radius 2 is 1.55 bits per heavy atom. The van der Waals surface area contributed by atoms with E-state index in [-0.39, 0.29) is 17.9 Å². The predicted octanol–water partition coefficient (Wildman–Crippen LogP) is 3.59. The molecule has 1 saturated heterocycles. The van der Waals surface area contributed by atoms with Crippen LogP contribution in [0.2, 0.25) is 0 Å². The van der Waals surface area contributed by atoms with Crippen LogP contribution in [0.5, 0.6) is 5.75 Å². The molecule has 1 saturated carbocycles. The third-order valence-electron chi connectivity index (χ3n) is 6.99. The molecular formula is C28H33NO9. The summed E-state index contributed by atoms with van der Waals surface area (Å²) in [5, 5.41) is 10.6. The summed E-state index contributed by atoms with van der Waals surface area (Å²) in [4.78, 5) is 48.9. The molecule has 0 unspecified atom stereocenters. The first-order chi connectivity index (χ1) is 18.2. The van der Waals surface area contributed by atoms with Gasteiger partial charge in [0.25, 0.3) is 5.56 Å². The Morgan fingerprint density at radius 3 is 2.16 bits per heavy atom. The molecule has 10 heteroatoms. The first-order valence-electron chi connectivity index (χ1n) is 12.8. The number of hydrogen-bond donors (Lipinski definition) is 1. The largest absolute Gasteiger partial charge is 0.507 e. The van der Waals surface area contributed by atoms with E-state index in [9.17, 15) is 24.3 Å². The number of hydrogen-bond acceptors (Lipinski definition) is 9. The van der Waals surface area contributed by atoms with Crippen molar-refractivity contribution < 1.29 is 38.4 Å². The van der Waals surface area contributed by atoms with Crippen LogP contribution in [-0.4, -0.2) is 52.5 Å². The number of benzene rings is 1. The summed E-state index contributed by atoms with van der Waals surface area (Å²) >= 11 is 0. The molecule has 0 spiro atoms. The molecule has 1 N–H and O–H groups in total. The van der Waals surface area contributed by atoms with Crippen molar-refractivity contribution in [3.05, 3.63) is 52.4 Å². The first kappa shape index (κ1) is 27.4. The van der Waals surface area contributed by atoms with Gasteiger partial charge in [-0.25, -0.2) is 0 Å². The van der Waals surface area contributed by atoms with Gasteiger partial charge in [0.05, 0.1) is 5.56 Å². The maximum absolute atomic E-state index is 13.7. The van der Waals surface area contributed by atoms with Crippen LogP contribution in [0, 0.1) is 0 Å². The van der Waals surface area contributed by atoms with Crippen molar-refractivity contribution in [2.45, 2.75) is 83.3 Å². The lowest BCUT2D eigenvalue weighted by Crippen LogP contribution is -2.41. The maximum Gasteiger partial charge on any atom is 0.303 e. The van der Waals surface area contributed by atoms with Gasteiger partial charge in [-0.05, 0) is 36.0 Å². The molecule has 2 fully saturated rings. The number of aromatic nitrogens is 1. The van der Waals surface area contributed by atoms with Gasteiger partial charge in [0, 0.05) is 27.0 Å². The van der Waals surface area contributed by atoms with Crippen molar-refractivity contribution in [1.29, 1.82) is 0 Å². The average molecular weight is 528 g/mol. The molecule has 2 aromatic rings. The van der Waals surface area contributed by atoms with E-state index in [0.29, 0.717) is 11.5 Å². The monoisotopic (exact) mass is 527 g/mol. The minimum absolute atomic E-state index is 0.0559. The average Bonchev–Trinajstić information content (AvgIpc) is 3.19. The van der Waals surface area contributed by atoms with E-state index in [0.717, 1.165) is 12.8 Å². The van der Waals surface area contributed by atoms with E-state index in [1.165, 1.54) is 62.4 Å². The number of nitrogens with zero attached hydrogens (tertiary/aromatic N) is 1. The Kier molecular flexibility index (Phi) is 8.51. The number of rotatable bonds is 7. The minimum atomic E-state index is -1.21. The molecule has 38 heavy (non-hydrogen) atoms. The Morgan fingerprint density at radius 1 is 0.921 bits per heavy atom. The summed E-state index contributed by atoms with van der Waals surface area (Å²) < 4.78 is 23.0. The predicted molar refractivity (Wildman–Crippen MR) is 135 cm³/mol. The molecule has 2 heterocycles. The van der Waals surface area contributed by atoms with E-state index in [1.807, 2.05) is 24.3 Å². The smallest absolute Gasteiger partial charge is 0.303 e. The van der Waals surface area contributed by atoms with Crippen molar-refractivity contribution in [3.8, 4) is 16.9 Å². The molecule has 4 atom stereocenters. The molecule has 2 aliphatic rings. The minimum Gasteiger partial charge on any atom is -0.507 e. The van der Waals surface area contributed by atoms with E-state index in [1.54, 1.807) is 0 Å². The third kappa shape index (κ3) is 6.07. The quantitative estimate of drug-likeness (QED) is 0.424. The number of esters is 3. The van der Waals surface area contributed by atoms with Gasteiger partial charge in [-0.2, -0.15) is 0 Å². The molecule has 0 bridgehead atoms. The van der Waals surface area contributed by atoms with Crippen molar-refractivity contribution in [3.63, 3.8) is 0 Å². The summed E-state index contributed by atoms with van der Waals surface area (Å²) in [7, 11) is 0. The second kappa shape index (κ2) is 11.8. The van der Waals surface area contributed by atoms with Crippen LogP contribution in [0.15, 0.2) is 41.3 Å². The molecule has 1 aromatic carbocycles. The molecule has 1 aliphatic carbocycles. The van der Waals surface area contributed by atoms with Crippen LogP contribution in [0.1, 0.15) is 70.6 Å². The van der Waals surface area contributed by atoms with Crippen LogP contribution in [-0.2, 0) is 33.3 Å². The fourth-order valence-electron chi connectivity index (χ4n) is 5.29. The molecule has 1 aliphatic heterocycles. The van der Waals surface area contributed by atoms with Crippen LogP contribution in [0.3, 0.4) is 0 Å². The number of aromatic hydroxyl groups is 1. The van der Waals surface area contributed by atoms with Crippen LogP contribution in [0.25, 0.3) is 11.1 Å². The zero-order valence-corrected chi connectivity index (χ0v) is 21.8. The lowest BCUT2D eigenvalue weighted by Gasteiger charge is -2.24. The van der Waals surface area contributed by atoms with Gasteiger partial charge < -0.3 is 24.1 Å². The second-order valence-corrected chi connectivity index (χ2v) is 9.76. The highest BCUT2D eigenvalue weighted by atomic mass is 16.7. The zero-order valence-electron chi connectivity index (χ0n) is 21.8. The highest BCUT2D eigenvalue weighted by Gasteiger charge is 2.51. The number of ether oxygens (including phenoxy) is 4. The van der Waals surface area contributed by atoms with Gasteiger partial charge >= 0.3 is 17.9 Å². The maximum atomic E-state index is 13.7. The zero-order chi connectivity index (χ0) is 27.4.